The lowest BCUT2D eigenvalue weighted by Crippen LogP contribution is -2.47. The average molecular weight is 485 g/mol. The minimum absolute atomic E-state index is 0.118. The number of hydrogen-bond donors (Lipinski definition) is 2. The fourth-order valence-corrected chi connectivity index (χ4v) is 5.95. The van der Waals surface area contributed by atoms with Crippen LogP contribution in [0.25, 0.3) is 0 Å². The summed E-state index contributed by atoms with van der Waals surface area (Å²) in [6, 6.07) is 12.2. The van der Waals surface area contributed by atoms with E-state index in [4.69, 9.17) is 0 Å². The predicted molar refractivity (Wildman–Crippen MR) is 129 cm³/mol. The summed E-state index contributed by atoms with van der Waals surface area (Å²) in [5.41, 5.74) is 2.50. The van der Waals surface area contributed by atoms with Crippen LogP contribution in [0, 0.1) is 0 Å². The summed E-state index contributed by atoms with van der Waals surface area (Å²) in [5.74, 6) is -1.10. The van der Waals surface area contributed by atoms with Gasteiger partial charge in [-0.15, -0.1) is 22.7 Å². The van der Waals surface area contributed by atoms with Crippen molar-refractivity contribution in [1.29, 1.82) is 0 Å². The highest BCUT2D eigenvalue weighted by Gasteiger charge is 2.38. The number of rotatable bonds is 10. The Balaban J connectivity index is 1.25. The summed E-state index contributed by atoms with van der Waals surface area (Å²) >= 11 is 3.13. The second-order valence-corrected chi connectivity index (χ2v) is 10.3. The predicted octanol–water partition coefficient (Wildman–Crippen LogP) is 3.77. The molecule has 2 N–H and O–H groups in total. The molecule has 1 saturated heterocycles. The van der Waals surface area contributed by atoms with Crippen LogP contribution in [0.3, 0.4) is 0 Å². The van der Waals surface area contributed by atoms with Gasteiger partial charge in [0.2, 0.25) is 0 Å². The second kappa shape index (κ2) is 11.2. The fraction of sp³-hybridized carbons (Fsp3) is 0.400. The van der Waals surface area contributed by atoms with E-state index in [0.29, 0.717) is 13.0 Å². The molecule has 1 fully saturated rings. The lowest BCUT2D eigenvalue weighted by Gasteiger charge is -2.27. The average Bonchev–Trinajstić information content (AvgIpc) is 3.59. The quantitative estimate of drug-likeness (QED) is 0.457. The van der Waals surface area contributed by atoms with Crippen LogP contribution < -0.4 is 0 Å². The number of aliphatic hydroxyl groups excluding tert-OH is 2. The minimum atomic E-state index is -1.74. The summed E-state index contributed by atoms with van der Waals surface area (Å²) in [6.07, 6.45) is 2.10. The zero-order chi connectivity index (χ0) is 23.2. The number of benzene rings is 1. The van der Waals surface area contributed by atoms with Gasteiger partial charge in [0.15, 0.2) is 11.9 Å². The maximum atomic E-state index is 12.8. The molecule has 174 valence electrons. The molecule has 1 aliphatic heterocycles. The highest BCUT2D eigenvalue weighted by atomic mass is 32.1. The molecule has 1 amide bonds. The molecule has 2 aromatic heterocycles. The molecule has 0 unspecified atom stereocenters. The normalized spacial score (nSPS) is 17.8. The van der Waals surface area contributed by atoms with Crippen LogP contribution in [0.5, 0.6) is 0 Å². The van der Waals surface area contributed by atoms with Gasteiger partial charge in [0.1, 0.15) is 11.1 Å². The number of nitrogens with zero attached hydrogens (tertiary/aromatic N) is 2. The van der Waals surface area contributed by atoms with Crippen LogP contribution in [0.1, 0.15) is 52.7 Å². The van der Waals surface area contributed by atoms with E-state index < -0.39 is 23.9 Å². The van der Waals surface area contributed by atoms with Gasteiger partial charge in [-0.1, -0.05) is 30.3 Å². The van der Waals surface area contributed by atoms with Crippen LogP contribution in [0.15, 0.2) is 53.4 Å². The van der Waals surface area contributed by atoms with E-state index in [0.717, 1.165) is 30.7 Å². The molecule has 6 nitrogen and oxygen atoms in total. The van der Waals surface area contributed by atoms with E-state index in [1.165, 1.54) is 27.3 Å². The number of aromatic nitrogens is 1. The van der Waals surface area contributed by atoms with Gasteiger partial charge in [0, 0.05) is 29.4 Å². The molecular formula is C25H28N2O4S2. The SMILES string of the molecule is O=C(CCCc1cc(Cc2ccccc2)cs1)[C@H](O)[C@@H](O)C(=O)N1CCC[C@@H]1c1nccs1. The van der Waals surface area contributed by atoms with Crippen molar-refractivity contribution >= 4 is 34.4 Å². The monoisotopic (exact) mass is 484 g/mol. The Bertz CT molecular complexity index is 1050. The molecule has 3 atom stereocenters. The number of aliphatic hydroxyl groups is 2. The maximum absolute atomic E-state index is 12.8. The lowest BCUT2D eigenvalue weighted by atomic mass is 10.0. The zero-order valence-electron chi connectivity index (χ0n) is 18.3. The number of likely N-dealkylation sites (tertiary alicyclic amines) is 1. The second-order valence-electron chi connectivity index (χ2n) is 8.35. The maximum Gasteiger partial charge on any atom is 0.255 e. The van der Waals surface area contributed by atoms with E-state index in [1.807, 2.05) is 23.6 Å². The topological polar surface area (TPSA) is 90.7 Å². The Morgan fingerprint density at radius 3 is 2.70 bits per heavy atom. The van der Waals surface area contributed by atoms with Gasteiger partial charge in [0.05, 0.1) is 6.04 Å². The number of carbonyl (C=O) groups excluding carboxylic acids is 2. The Kier molecular flexibility index (Phi) is 8.03. The molecule has 0 bridgehead atoms. The van der Waals surface area contributed by atoms with Crippen LogP contribution in [0.2, 0.25) is 0 Å². The van der Waals surface area contributed by atoms with Crippen LogP contribution in [-0.2, 0) is 22.4 Å². The third-order valence-corrected chi connectivity index (χ3v) is 7.88. The van der Waals surface area contributed by atoms with E-state index >= 15 is 0 Å². The number of Topliss-reactive ketones (excluding diaryl/α,β-unsaturated/α-hetero) is 1. The molecule has 1 aromatic carbocycles. The smallest absolute Gasteiger partial charge is 0.255 e. The molecule has 8 heteroatoms. The van der Waals surface area contributed by atoms with Crippen molar-refractivity contribution < 1.29 is 19.8 Å². The Hall–Kier alpha value is -2.39. The molecule has 33 heavy (non-hydrogen) atoms. The zero-order valence-corrected chi connectivity index (χ0v) is 19.9. The van der Waals surface area contributed by atoms with Gasteiger partial charge >= 0.3 is 0 Å². The first-order valence-corrected chi connectivity index (χ1v) is 13.0. The summed E-state index contributed by atoms with van der Waals surface area (Å²) in [5, 5.41) is 25.6. The van der Waals surface area contributed by atoms with Crippen molar-refractivity contribution in [2.75, 3.05) is 6.54 Å². The van der Waals surface area contributed by atoms with E-state index in [1.54, 1.807) is 22.4 Å². The molecule has 0 spiro atoms. The molecule has 0 aliphatic carbocycles. The number of amides is 1. The number of thiophene rings is 1. The van der Waals surface area contributed by atoms with Crippen LogP contribution in [-0.4, -0.2) is 50.5 Å². The first-order valence-electron chi connectivity index (χ1n) is 11.2. The Morgan fingerprint density at radius 2 is 1.94 bits per heavy atom. The van der Waals surface area contributed by atoms with Crippen molar-refractivity contribution in [1.82, 2.24) is 9.88 Å². The molecule has 4 rings (SSSR count). The summed E-state index contributed by atoms with van der Waals surface area (Å²) in [6.45, 7) is 0.491. The molecule has 3 heterocycles. The number of hydrogen-bond acceptors (Lipinski definition) is 7. The number of thiazole rings is 1. The molecular weight excluding hydrogens is 456 g/mol. The number of ketones is 1. The van der Waals surface area contributed by atoms with Gasteiger partial charge in [-0.3, -0.25) is 9.59 Å². The summed E-state index contributed by atoms with van der Waals surface area (Å²) < 4.78 is 0. The largest absolute Gasteiger partial charge is 0.382 e. The van der Waals surface area contributed by atoms with E-state index in [-0.39, 0.29) is 12.5 Å². The molecule has 3 aromatic rings. The fourth-order valence-electron chi connectivity index (χ4n) is 4.23. The van der Waals surface area contributed by atoms with Crippen molar-refractivity contribution in [3.05, 3.63) is 74.4 Å². The minimum Gasteiger partial charge on any atom is -0.382 e. The first-order chi connectivity index (χ1) is 16.0. The third kappa shape index (κ3) is 5.95. The third-order valence-electron chi connectivity index (χ3n) is 5.96. The van der Waals surface area contributed by atoms with Crippen molar-refractivity contribution in [3.63, 3.8) is 0 Å². The van der Waals surface area contributed by atoms with E-state index in [9.17, 15) is 19.8 Å². The van der Waals surface area contributed by atoms with Crippen molar-refractivity contribution in [2.24, 2.45) is 0 Å². The first kappa shape index (κ1) is 23.8. The standard InChI is InChI=1S/C25H28N2O4S2/c28-21(10-4-8-19-15-18(16-33-19)14-17-6-2-1-3-7-17)22(29)23(30)25(31)27-12-5-9-20(27)24-26-11-13-32-24/h1-3,6-7,11,13,15-16,20,22-23,29-30H,4-5,8-10,12,14H2/t20-,22+,23-/m1/s1. The van der Waals surface area contributed by atoms with Gasteiger partial charge in [0.25, 0.3) is 5.91 Å². The van der Waals surface area contributed by atoms with E-state index in [2.05, 4.69) is 28.6 Å². The summed E-state index contributed by atoms with van der Waals surface area (Å²) in [7, 11) is 0. The summed E-state index contributed by atoms with van der Waals surface area (Å²) in [4.78, 5) is 32.3. The lowest BCUT2D eigenvalue weighted by molar-refractivity contribution is -0.153. The highest BCUT2D eigenvalue weighted by Crippen LogP contribution is 2.33. The van der Waals surface area contributed by atoms with Crippen molar-refractivity contribution in [2.45, 2.75) is 56.8 Å². The van der Waals surface area contributed by atoms with Crippen molar-refractivity contribution in [3.8, 4) is 0 Å². The van der Waals surface area contributed by atoms with Gasteiger partial charge in [-0.05, 0) is 54.7 Å². The molecule has 0 radical (unpaired) electrons. The van der Waals surface area contributed by atoms with Gasteiger partial charge in [-0.25, -0.2) is 4.98 Å². The number of aryl methyl sites for hydroxylation is 1. The van der Waals surface area contributed by atoms with Crippen LogP contribution in [0.4, 0.5) is 0 Å². The van der Waals surface area contributed by atoms with Crippen LogP contribution >= 0.6 is 22.7 Å². The highest BCUT2D eigenvalue weighted by molar-refractivity contribution is 7.10. The molecule has 1 aliphatic rings. The molecule has 0 saturated carbocycles. The van der Waals surface area contributed by atoms with Gasteiger partial charge in [-0.2, -0.15) is 0 Å². The Morgan fingerprint density at radius 1 is 1.12 bits per heavy atom. The Labute approximate surface area is 201 Å². The van der Waals surface area contributed by atoms with Gasteiger partial charge < -0.3 is 15.1 Å². The number of carbonyl (C=O) groups is 2.